The Morgan fingerprint density at radius 1 is 1.19 bits per heavy atom. The van der Waals surface area contributed by atoms with Crippen molar-refractivity contribution >= 4 is 6.01 Å². The summed E-state index contributed by atoms with van der Waals surface area (Å²) in [5, 5.41) is 11.1. The lowest BCUT2D eigenvalue weighted by Gasteiger charge is -2.15. The molecule has 0 amide bonds. The van der Waals surface area contributed by atoms with Crippen LogP contribution in [0.2, 0.25) is 0 Å². The molecule has 2 heterocycles. The van der Waals surface area contributed by atoms with Crippen LogP contribution in [0.4, 0.5) is 6.01 Å². The van der Waals surface area contributed by atoms with Gasteiger partial charge in [-0.1, -0.05) is 36.3 Å². The Hall–Kier alpha value is -1.88. The summed E-state index contributed by atoms with van der Waals surface area (Å²) in [6.45, 7) is 6.21. The molecule has 0 radical (unpaired) electrons. The molecule has 0 bridgehead atoms. The van der Waals surface area contributed by atoms with Crippen molar-refractivity contribution in [3.8, 4) is 0 Å². The second-order valence-electron chi connectivity index (χ2n) is 5.51. The summed E-state index contributed by atoms with van der Waals surface area (Å²) < 4.78 is 5.45. The van der Waals surface area contributed by atoms with Gasteiger partial charge in [0, 0.05) is 19.5 Å². The van der Waals surface area contributed by atoms with Crippen LogP contribution < -0.4 is 5.32 Å². The molecule has 0 spiro atoms. The summed E-state index contributed by atoms with van der Waals surface area (Å²) in [7, 11) is 0. The van der Waals surface area contributed by atoms with Gasteiger partial charge in [0.05, 0.1) is 0 Å². The summed E-state index contributed by atoms with van der Waals surface area (Å²) in [4.78, 5) is 2.51. The third-order valence-corrected chi connectivity index (χ3v) is 3.81. The molecule has 0 aliphatic carbocycles. The third kappa shape index (κ3) is 3.82. The molecule has 1 saturated heterocycles. The molecule has 0 atom stereocenters. The highest BCUT2D eigenvalue weighted by Crippen LogP contribution is 2.15. The predicted molar refractivity (Wildman–Crippen MR) is 82.0 cm³/mol. The number of aryl methyl sites for hydroxylation is 1. The van der Waals surface area contributed by atoms with E-state index in [2.05, 4.69) is 44.7 Å². The van der Waals surface area contributed by atoms with E-state index in [0.29, 0.717) is 18.5 Å². The molecular formula is C16H22N4O. The van der Waals surface area contributed by atoms with Gasteiger partial charge in [-0.05, 0) is 37.1 Å². The lowest BCUT2D eigenvalue weighted by Crippen LogP contribution is -2.18. The van der Waals surface area contributed by atoms with Gasteiger partial charge in [0.15, 0.2) is 0 Å². The van der Waals surface area contributed by atoms with E-state index < -0.39 is 0 Å². The van der Waals surface area contributed by atoms with E-state index in [4.69, 9.17) is 4.42 Å². The lowest BCUT2D eigenvalue weighted by molar-refractivity contribution is 0.331. The molecule has 0 unspecified atom stereocenters. The average Bonchev–Trinajstić information content (AvgIpc) is 3.17. The number of hydrogen-bond acceptors (Lipinski definition) is 5. The summed E-state index contributed by atoms with van der Waals surface area (Å²) in [5.41, 5.74) is 2.61. The van der Waals surface area contributed by atoms with E-state index in [0.717, 1.165) is 13.0 Å². The van der Waals surface area contributed by atoms with Crippen molar-refractivity contribution in [3.05, 3.63) is 41.3 Å². The van der Waals surface area contributed by atoms with Crippen LogP contribution in [0.15, 0.2) is 28.7 Å². The highest BCUT2D eigenvalue weighted by atomic mass is 16.4. The Morgan fingerprint density at radius 3 is 2.76 bits per heavy atom. The number of nitrogens with zero attached hydrogens (tertiary/aromatic N) is 3. The molecule has 1 aromatic carbocycles. The standard InChI is InChI=1S/C16H22N4O/c1-2-15-18-19-16(21-15)17-11-13-6-5-7-14(10-13)12-20-8-3-4-9-20/h5-7,10H,2-4,8-9,11-12H2,1H3,(H,17,19). The Labute approximate surface area is 125 Å². The van der Waals surface area contributed by atoms with Crippen molar-refractivity contribution in [2.45, 2.75) is 39.3 Å². The van der Waals surface area contributed by atoms with Gasteiger partial charge in [0.25, 0.3) is 0 Å². The first-order valence-corrected chi connectivity index (χ1v) is 7.70. The van der Waals surface area contributed by atoms with Gasteiger partial charge in [-0.15, -0.1) is 5.10 Å². The molecule has 1 aliphatic heterocycles. The number of anilines is 1. The largest absolute Gasteiger partial charge is 0.408 e. The van der Waals surface area contributed by atoms with E-state index in [1.54, 1.807) is 0 Å². The highest BCUT2D eigenvalue weighted by molar-refractivity contribution is 5.27. The van der Waals surface area contributed by atoms with Gasteiger partial charge in [-0.2, -0.15) is 0 Å². The van der Waals surface area contributed by atoms with Crippen LogP contribution in [-0.2, 0) is 19.5 Å². The zero-order valence-corrected chi connectivity index (χ0v) is 12.5. The number of benzene rings is 1. The topological polar surface area (TPSA) is 54.2 Å². The smallest absolute Gasteiger partial charge is 0.315 e. The summed E-state index contributed by atoms with van der Waals surface area (Å²) in [6.07, 6.45) is 3.43. The van der Waals surface area contributed by atoms with Crippen molar-refractivity contribution in [2.75, 3.05) is 18.4 Å². The summed E-state index contributed by atoms with van der Waals surface area (Å²) in [5.74, 6) is 0.667. The van der Waals surface area contributed by atoms with Crippen LogP contribution in [0.25, 0.3) is 0 Å². The number of aromatic nitrogens is 2. The highest BCUT2D eigenvalue weighted by Gasteiger charge is 2.11. The number of nitrogens with one attached hydrogen (secondary N) is 1. The minimum Gasteiger partial charge on any atom is -0.408 e. The van der Waals surface area contributed by atoms with E-state index >= 15 is 0 Å². The van der Waals surface area contributed by atoms with Crippen LogP contribution in [-0.4, -0.2) is 28.2 Å². The van der Waals surface area contributed by atoms with E-state index in [9.17, 15) is 0 Å². The second kappa shape index (κ2) is 6.72. The minimum absolute atomic E-state index is 0.497. The van der Waals surface area contributed by atoms with Crippen LogP contribution in [0.5, 0.6) is 0 Å². The molecule has 1 N–H and O–H groups in total. The molecule has 3 rings (SSSR count). The Kier molecular flexibility index (Phi) is 4.50. The first-order chi connectivity index (χ1) is 10.3. The van der Waals surface area contributed by atoms with Crippen molar-refractivity contribution in [1.82, 2.24) is 15.1 Å². The van der Waals surface area contributed by atoms with Gasteiger partial charge in [-0.3, -0.25) is 4.90 Å². The maximum absolute atomic E-state index is 5.45. The number of hydrogen-bond donors (Lipinski definition) is 1. The van der Waals surface area contributed by atoms with Gasteiger partial charge in [0.2, 0.25) is 5.89 Å². The quantitative estimate of drug-likeness (QED) is 0.885. The Bertz CT molecular complexity index is 575. The van der Waals surface area contributed by atoms with E-state index in [1.165, 1.54) is 37.1 Å². The Balaban J connectivity index is 1.57. The molecular weight excluding hydrogens is 264 g/mol. The fourth-order valence-corrected chi connectivity index (χ4v) is 2.68. The average molecular weight is 286 g/mol. The molecule has 1 aromatic heterocycles. The number of rotatable bonds is 6. The second-order valence-corrected chi connectivity index (χ2v) is 5.51. The zero-order valence-electron chi connectivity index (χ0n) is 12.5. The molecule has 5 heteroatoms. The van der Waals surface area contributed by atoms with Crippen molar-refractivity contribution in [1.29, 1.82) is 0 Å². The molecule has 0 saturated carbocycles. The van der Waals surface area contributed by atoms with E-state index in [1.807, 2.05) is 6.92 Å². The molecule has 1 fully saturated rings. The fourth-order valence-electron chi connectivity index (χ4n) is 2.68. The van der Waals surface area contributed by atoms with Gasteiger partial charge in [0.1, 0.15) is 0 Å². The van der Waals surface area contributed by atoms with E-state index in [-0.39, 0.29) is 0 Å². The monoisotopic (exact) mass is 286 g/mol. The lowest BCUT2D eigenvalue weighted by atomic mass is 10.1. The molecule has 5 nitrogen and oxygen atoms in total. The normalized spacial score (nSPS) is 15.5. The number of likely N-dealkylation sites (tertiary alicyclic amines) is 1. The fraction of sp³-hybridized carbons (Fsp3) is 0.500. The van der Waals surface area contributed by atoms with Gasteiger partial charge in [-0.25, -0.2) is 0 Å². The van der Waals surface area contributed by atoms with Gasteiger partial charge < -0.3 is 9.73 Å². The molecule has 112 valence electrons. The maximum atomic E-state index is 5.45. The van der Waals surface area contributed by atoms with Crippen molar-refractivity contribution in [2.24, 2.45) is 0 Å². The summed E-state index contributed by atoms with van der Waals surface area (Å²) >= 11 is 0. The van der Waals surface area contributed by atoms with Crippen LogP contribution >= 0.6 is 0 Å². The molecule has 1 aliphatic rings. The van der Waals surface area contributed by atoms with Crippen LogP contribution in [0, 0.1) is 0 Å². The van der Waals surface area contributed by atoms with Crippen LogP contribution in [0.3, 0.4) is 0 Å². The summed E-state index contributed by atoms with van der Waals surface area (Å²) in [6, 6.07) is 9.19. The van der Waals surface area contributed by atoms with Crippen molar-refractivity contribution < 1.29 is 4.42 Å². The molecule has 2 aromatic rings. The molecule has 21 heavy (non-hydrogen) atoms. The first kappa shape index (κ1) is 14.1. The SMILES string of the molecule is CCc1nnc(NCc2cccc(CN3CCCC3)c2)o1. The zero-order chi connectivity index (χ0) is 14.5. The first-order valence-electron chi connectivity index (χ1n) is 7.70. The third-order valence-electron chi connectivity index (χ3n) is 3.81. The Morgan fingerprint density at radius 2 is 2.00 bits per heavy atom. The van der Waals surface area contributed by atoms with Crippen LogP contribution in [0.1, 0.15) is 36.8 Å². The van der Waals surface area contributed by atoms with Gasteiger partial charge >= 0.3 is 6.01 Å². The maximum Gasteiger partial charge on any atom is 0.315 e. The minimum atomic E-state index is 0.497. The van der Waals surface area contributed by atoms with Crippen molar-refractivity contribution in [3.63, 3.8) is 0 Å². The predicted octanol–water partition coefficient (Wildman–Crippen LogP) is 2.84.